The number of anilines is 1. The molecular formula is C22H27N7O2. The van der Waals surface area contributed by atoms with Crippen molar-refractivity contribution in [2.75, 3.05) is 18.5 Å². The van der Waals surface area contributed by atoms with Crippen LogP contribution in [0.5, 0.6) is 0 Å². The molecule has 0 unspecified atom stereocenters. The summed E-state index contributed by atoms with van der Waals surface area (Å²) < 4.78 is 9.20. The number of rotatable bonds is 5. The van der Waals surface area contributed by atoms with Gasteiger partial charge in [-0.25, -0.2) is 19.5 Å². The predicted molar refractivity (Wildman–Crippen MR) is 118 cm³/mol. The number of aliphatic hydroxyl groups is 1. The molecule has 1 fully saturated rings. The number of imidazole rings is 1. The molecule has 1 aliphatic rings. The third-order valence-corrected chi connectivity index (χ3v) is 5.58. The zero-order chi connectivity index (χ0) is 21.6. The third-order valence-electron chi connectivity index (χ3n) is 5.58. The summed E-state index contributed by atoms with van der Waals surface area (Å²) in [5.74, 6) is 1.44. The van der Waals surface area contributed by atoms with Crippen molar-refractivity contribution in [2.45, 2.75) is 51.8 Å². The number of fused-ring (bicyclic) bond motifs is 2. The highest BCUT2D eigenvalue weighted by Crippen LogP contribution is 2.27. The molecule has 5 rings (SSSR count). The van der Waals surface area contributed by atoms with Gasteiger partial charge in [0.25, 0.3) is 0 Å². The number of ether oxygens (including phenoxy) is 1. The van der Waals surface area contributed by atoms with Gasteiger partial charge in [0.2, 0.25) is 5.95 Å². The Bertz CT molecular complexity index is 1230. The molecule has 162 valence electrons. The van der Waals surface area contributed by atoms with Gasteiger partial charge in [-0.2, -0.15) is 0 Å². The van der Waals surface area contributed by atoms with Crippen LogP contribution in [0.2, 0.25) is 0 Å². The molecule has 0 spiro atoms. The lowest BCUT2D eigenvalue weighted by Gasteiger charge is -2.22. The van der Waals surface area contributed by atoms with E-state index in [1.54, 1.807) is 13.8 Å². The summed E-state index contributed by atoms with van der Waals surface area (Å²) in [6, 6.07) is 6.27. The minimum Gasteiger partial charge on any atom is -0.389 e. The molecule has 0 saturated carbocycles. The highest BCUT2D eigenvalue weighted by atomic mass is 16.5. The van der Waals surface area contributed by atoms with E-state index in [-0.39, 0.29) is 0 Å². The average Bonchev–Trinajstić information content (AvgIpc) is 3.28. The molecule has 0 aliphatic carbocycles. The van der Waals surface area contributed by atoms with Crippen molar-refractivity contribution in [1.82, 2.24) is 29.1 Å². The fourth-order valence-corrected chi connectivity index (χ4v) is 4.05. The van der Waals surface area contributed by atoms with Crippen molar-refractivity contribution in [2.24, 2.45) is 0 Å². The summed E-state index contributed by atoms with van der Waals surface area (Å²) in [5.41, 5.74) is 3.37. The van der Waals surface area contributed by atoms with Gasteiger partial charge in [-0.15, -0.1) is 5.10 Å². The number of nitrogens with one attached hydrogen (secondary N) is 1. The van der Waals surface area contributed by atoms with E-state index >= 15 is 0 Å². The SMILES string of the molecule is Cc1nc2ccc(-c3ccn4nc(NC5CCOCC5)ncc34)nc2n1CC(C)(C)O. The lowest BCUT2D eigenvalue weighted by atomic mass is 10.1. The zero-order valence-corrected chi connectivity index (χ0v) is 18.0. The predicted octanol–water partition coefficient (Wildman–Crippen LogP) is 2.81. The molecule has 1 saturated heterocycles. The van der Waals surface area contributed by atoms with Gasteiger partial charge in [0.15, 0.2) is 5.65 Å². The molecule has 4 aromatic heterocycles. The number of aromatic nitrogens is 6. The Labute approximate surface area is 180 Å². The average molecular weight is 422 g/mol. The molecule has 2 N–H and O–H groups in total. The Morgan fingerprint density at radius 3 is 2.77 bits per heavy atom. The lowest BCUT2D eigenvalue weighted by Crippen LogP contribution is -2.28. The normalized spacial score (nSPS) is 15.7. The van der Waals surface area contributed by atoms with Gasteiger partial charge in [0, 0.05) is 31.0 Å². The molecule has 0 bridgehead atoms. The summed E-state index contributed by atoms with van der Waals surface area (Å²) in [7, 11) is 0. The maximum Gasteiger partial charge on any atom is 0.241 e. The molecule has 9 heteroatoms. The van der Waals surface area contributed by atoms with Crippen LogP contribution in [-0.2, 0) is 11.3 Å². The van der Waals surface area contributed by atoms with Crippen LogP contribution in [0.4, 0.5) is 5.95 Å². The van der Waals surface area contributed by atoms with Crippen molar-refractivity contribution in [1.29, 1.82) is 0 Å². The summed E-state index contributed by atoms with van der Waals surface area (Å²) in [4.78, 5) is 14.0. The van der Waals surface area contributed by atoms with E-state index in [4.69, 9.17) is 9.72 Å². The van der Waals surface area contributed by atoms with E-state index in [2.05, 4.69) is 20.4 Å². The van der Waals surface area contributed by atoms with Gasteiger partial charge >= 0.3 is 0 Å². The van der Waals surface area contributed by atoms with E-state index < -0.39 is 5.60 Å². The maximum absolute atomic E-state index is 10.3. The highest BCUT2D eigenvalue weighted by Gasteiger charge is 2.20. The van der Waals surface area contributed by atoms with Crippen LogP contribution in [0, 0.1) is 6.92 Å². The second kappa shape index (κ2) is 7.58. The molecule has 0 amide bonds. The second-order valence-corrected chi connectivity index (χ2v) is 8.77. The van der Waals surface area contributed by atoms with Crippen molar-refractivity contribution < 1.29 is 9.84 Å². The van der Waals surface area contributed by atoms with Crippen molar-refractivity contribution >= 4 is 22.6 Å². The van der Waals surface area contributed by atoms with E-state index in [0.717, 1.165) is 59.8 Å². The Morgan fingerprint density at radius 2 is 2.00 bits per heavy atom. The molecule has 0 aromatic carbocycles. The molecule has 0 atom stereocenters. The Kier molecular flexibility index (Phi) is 4.86. The van der Waals surface area contributed by atoms with Crippen LogP contribution in [0.1, 0.15) is 32.5 Å². The Morgan fingerprint density at radius 1 is 1.19 bits per heavy atom. The number of hydrogen-bond acceptors (Lipinski definition) is 7. The first-order chi connectivity index (χ1) is 14.9. The van der Waals surface area contributed by atoms with E-state index in [9.17, 15) is 5.11 Å². The van der Waals surface area contributed by atoms with Crippen LogP contribution in [0.15, 0.2) is 30.6 Å². The van der Waals surface area contributed by atoms with Gasteiger partial charge in [-0.1, -0.05) is 0 Å². The summed E-state index contributed by atoms with van der Waals surface area (Å²) in [6.07, 6.45) is 5.67. The fourth-order valence-electron chi connectivity index (χ4n) is 4.05. The fraction of sp³-hybridized carbons (Fsp3) is 0.455. The van der Waals surface area contributed by atoms with E-state index in [1.165, 1.54) is 0 Å². The molecular weight excluding hydrogens is 394 g/mol. The number of nitrogens with zero attached hydrogens (tertiary/aromatic N) is 6. The lowest BCUT2D eigenvalue weighted by molar-refractivity contribution is 0.0619. The number of pyridine rings is 1. The first kappa shape index (κ1) is 19.9. The summed E-state index contributed by atoms with van der Waals surface area (Å²) >= 11 is 0. The van der Waals surface area contributed by atoms with Gasteiger partial charge in [-0.3, -0.25) is 0 Å². The molecule has 5 heterocycles. The van der Waals surface area contributed by atoms with Crippen molar-refractivity contribution in [3.8, 4) is 11.3 Å². The first-order valence-corrected chi connectivity index (χ1v) is 10.6. The van der Waals surface area contributed by atoms with Gasteiger partial charge in [0.05, 0.1) is 29.6 Å². The second-order valence-electron chi connectivity index (χ2n) is 8.77. The van der Waals surface area contributed by atoms with E-state index in [0.29, 0.717) is 18.5 Å². The summed E-state index contributed by atoms with van der Waals surface area (Å²) in [6.45, 7) is 7.46. The topological polar surface area (TPSA) is 102 Å². The molecule has 31 heavy (non-hydrogen) atoms. The zero-order valence-electron chi connectivity index (χ0n) is 18.0. The minimum atomic E-state index is -0.860. The molecule has 9 nitrogen and oxygen atoms in total. The third kappa shape index (κ3) is 3.98. The van der Waals surface area contributed by atoms with Gasteiger partial charge in [0.1, 0.15) is 11.3 Å². The number of aryl methyl sites for hydroxylation is 1. The van der Waals surface area contributed by atoms with E-state index in [1.807, 2.05) is 46.6 Å². The van der Waals surface area contributed by atoms with Crippen LogP contribution in [-0.4, -0.2) is 59.1 Å². The highest BCUT2D eigenvalue weighted by molar-refractivity contribution is 5.82. The Balaban J connectivity index is 1.49. The summed E-state index contributed by atoms with van der Waals surface area (Å²) in [5, 5.41) is 18.3. The largest absolute Gasteiger partial charge is 0.389 e. The van der Waals surface area contributed by atoms with Crippen LogP contribution in [0.25, 0.3) is 27.9 Å². The molecule has 0 radical (unpaired) electrons. The smallest absolute Gasteiger partial charge is 0.241 e. The maximum atomic E-state index is 10.3. The molecule has 4 aromatic rings. The van der Waals surface area contributed by atoms with Crippen LogP contribution < -0.4 is 5.32 Å². The van der Waals surface area contributed by atoms with Crippen molar-refractivity contribution in [3.05, 3.63) is 36.4 Å². The first-order valence-electron chi connectivity index (χ1n) is 10.6. The van der Waals surface area contributed by atoms with Crippen LogP contribution >= 0.6 is 0 Å². The minimum absolute atomic E-state index is 0.338. The van der Waals surface area contributed by atoms with Gasteiger partial charge < -0.3 is 19.7 Å². The van der Waals surface area contributed by atoms with Crippen LogP contribution in [0.3, 0.4) is 0 Å². The quantitative estimate of drug-likeness (QED) is 0.511. The standard InChI is InChI=1S/C22H27N7O2/c1-14-24-18-5-4-17(26-20(18)28(14)13-22(2,3)30)16-6-9-29-19(16)12-23-21(27-29)25-15-7-10-31-11-8-15/h4-6,9,12,15,30H,7-8,10-11,13H2,1-3H3,(H,25,27). The Hall–Kier alpha value is -3.04. The van der Waals surface area contributed by atoms with Crippen molar-refractivity contribution in [3.63, 3.8) is 0 Å². The monoisotopic (exact) mass is 421 g/mol. The number of hydrogen-bond donors (Lipinski definition) is 2. The molecule has 1 aliphatic heterocycles. The van der Waals surface area contributed by atoms with Gasteiger partial charge in [-0.05, 0) is 51.8 Å².